The molecule has 0 aliphatic carbocycles. The van der Waals surface area contributed by atoms with E-state index in [9.17, 15) is 9.59 Å². The van der Waals surface area contributed by atoms with Crippen LogP contribution in [0.25, 0.3) is 11.8 Å². The maximum absolute atomic E-state index is 13.0. The Morgan fingerprint density at radius 2 is 1.62 bits per heavy atom. The third-order valence-corrected chi connectivity index (χ3v) is 5.94. The van der Waals surface area contributed by atoms with Crippen molar-refractivity contribution >= 4 is 35.3 Å². The normalized spacial score (nSPS) is 15.6. The molecule has 0 atom stereocenters. The number of benzene rings is 2. The van der Waals surface area contributed by atoms with Crippen molar-refractivity contribution in [2.75, 3.05) is 4.90 Å². The third-order valence-electron chi connectivity index (χ3n) is 5.71. The fourth-order valence-electron chi connectivity index (χ4n) is 3.98. The SMILES string of the molecule is Cc1cc(/C=C2/NC(=O)N(c3cccc(Cl)c3)C2=O)c(C)n1-c1ccc(C(C)(C)C)cc1. The topological polar surface area (TPSA) is 54.3 Å². The molecule has 1 saturated heterocycles. The first-order valence-corrected chi connectivity index (χ1v) is 10.9. The molecule has 2 aromatic carbocycles. The molecule has 0 spiro atoms. The summed E-state index contributed by atoms with van der Waals surface area (Å²) in [7, 11) is 0. The molecule has 6 heteroatoms. The van der Waals surface area contributed by atoms with Crippen molar-refractivity contribution in [3.05, 3.63) is 87.8 Å². The van der Waals surface area contributed by atoms with E-state index >= 15 is 0 Å². The fraction of sp³-hybridized carbons (Fsp3) is 0.231. The van der Waals surface area contributed by atoms with Gasteiger partial charge in [-0.15, -0.1) is 0 Å². The molecule has 2 heterocycles. The molecule has 0 bridgehead atoms. The predicted octanol–water partition coefficient (Wildman–Crippen LogP) is 6.14. The molecule has 1 aliphatic heterocycles. The number of carbonyl (C=O) groups is 2. The summed E-state index contributed by atoms with van der Waals surface area (Å²) in [6, 6.07) is 16.7. The largest absolute Gasteiger partial charge is 0.333 e. The van der Waals surface area contributed by atoms with Gasteiger partial charge in [0.1, 0.15) is 5.70 Å². The Balaban J connectivity index is 1.67. The zero-order chi connectivity index (χ0) is 23.2. The van der Waals surface area contributed by atoms with Crippen LogP contribution in [0.2, 0.25) is 5.02 Å². The summed E-state index contributed by atoms with van der Waals surface area (Å²) < 4.78 is 2.15. The van der Waals surface area contributed by atoms with Crippen LogP contribution in [0.5, 0.6) is 0 Å². The van der Waals surface area contributed by atoms with Crippen LogP contribution in [0.3, 0.4) is 0 Å². The highest BCUT2D eigenvalue weighted by Crippen LogP contribution is 2.28. The van der Waals surface area contributed by atoms with Crippen LogP contribution in [0.15, 0.2) is 60.3 Å². The highest BCUT2D eigenvalue weighted by Gasteiger charge is 2.35. The van der Waals surface area contributed by atoms with Crippen LogP contribution in [-0.2, 0) is 10.2 Å². The number of nitrogens with one attached hydrogen (secondary N) is 1. The van der Waals surface area contributed by atoms with Crippen molar-refractivity contribution in [2.45, 2.75) is 40.0 Å². The fourth-order valence-corrected chi connectivity index (χ4v) is 4.17. The van der Waals surface area contributed by atoms with Gasteiger partial charge >= 0.3 is 6.03 Å². The summed E-state index contributed by atoms with van der Waals surface area (Å²) in [4.78, 5) is 26.6. The Labute approximate surface area is 193 Å². The maximum atomic E-state index is 13.0. The minimum atomic E-state index is -0.491. The zero-order valence-corrected chi connectivity index (χ0v) is 19.6. The lowest BCUT2D eigenvalue weighted by Gasteiger charge is -2.20. The first-order chi connectivity index (χ1) is 15.1. The number of aromatic nitrogens is 1. The van der Waals surface area contributed by atoms with E-state index in [1.165, 1.54) is 5.56 Å². The van der Waals surface area contributed by atoms with Gasteiger partial charge in [0.25, 0.3) is 5.91 Å². The third kappa shape index (κ3) is 3.96. The Kier molecular flexibility index (Phi) is 5.47. The van der Waals surface area contributed by atoms with Gasteiger partial charge in [0.05, 0.1) is 5.69 Å². The number of carbonyl (C=O) groups excluding carboxylic acids is 2. The van der Waals surface area contributed by atoms with E-state index in [1.54, 1.807) is 30.3 Å². The van der Waals surface area contributed by atoms with Crippen LogP contribution in [0, 0.1) is 13.8 Å². The molecule has 3 amide bonds. The monoisotopic (exact) mass is 447 g/mol. The van der Waals surface area contributed by atoms with Crippen molar-refractivity contribution < 1.29 is 9.59 Å². The van der Waals surface area contributed by atoms with E-state index in [4.69, 9.17) is 11.6 Å². The average molecular weight is 448 g/mol. The van der Waals surface area contributed by atoms with Crippen molar-refractivity contribution in [1.29, 1.82) is 0 Å². The molecular weight excluding hydrogens is 422 g/mol. The number of imide groups is 1. The molecule has 1 aliphatic rings. The number of nitrogens with zero attached hydrogens (tertiary/aromatic N) is 2. The minimum absolute atomic E-state index is 0.0881. The highest BCUT2D eigenvalue weighted by atomic mass is 35.5. The van der Waals surface area contributed by atoms with Crippen LogP contribution in [-0.4, -0.2) is 16.5 Å². The van der Waals surface area contributed by atoms with Crippen molar-refractivity contribution in [1.82, 2.24) is 9.88 Å². The summed E-state index contributed by atoms with van der Waals surface area (Å²) in [5.74, 6) is -0.406. The van der Waals surface area contributed by atoms with Crippen LogP contribution >= 0.6 is 11.6 Å². The average Bonchev–Trinajstić information content (AvgIpc) is 3.15. The lowest BCUT2D eigenvalue weighted by atomic mass is 9.87. The molecule has 4 rings (SSSR count). The highest BCUT2D eigenvalue weighted by molar-refractivity contribution is 6.32. The van der Waals surface area contributed by atoms with Gasteiger partial charge < -0.3 is 9.88 Å². The van der Waals surface area contributed by atoms with E-state index < -0.39 is 11.9 Å². The van der Waals surface area contributed by atoms with Crippen LogP contribution in [0.1, 0.15) is 43.3 Å². The number of halogens is 1. The quantitative estimate of drug-likeness (QED) is 0.387. The second kappa shape index (κ2) is 7.99. The smallest absolute Gasteiger partial charge is 0.318 e. The summed E-state index contributed by atoms with van der Waals surface area (Å²) in [6.07, 6.45) is 1.73. The van der Waals surface area contributed by atoms with Gasteiger partial charge in [-0.05, 0) is 72.9 Å². The molecule has 164 valence electrons. The minimum Gasteiger partial charge on any atom is -0.318 e. The van der Waals surface area contributed by atoms with E-state index in [1.807, 2.05) is 19.9 Å². The number of rotatable bonds is 3. The molecule has 5 nitrogen and oxygen atoms in total. The van der Waals surface area contributed by atoms with Gasteiger partial charge in [0.2, 0.25) is 0 Å². The molecule has 1 fully saturated rings. The first-order valence-electron chi connectivity index (χ1n) is 10.5. The zero-order valence-electron chi connectivity index (χ0n) is 18.9. The molecule has 0 saturated carbocycles. The van der Waals surface area contributed by atoms with E-state index in [0.29, 0.717) is 10.7 Å². The number of aryl methyl sites for hydroxylation is 1. The standard InChI is InChI=1S/C26H26ClN3O2/c1-16-13-18(17(2)29(16)21-11-9-19(10-12-21)26(3,4)5)14-23-24(31)30(25(32)28-23)22-8-6-7-20(27)15-22/h6-15H,1-5H3,(H,28,32)/b23-14+. The Bertz CT molecular complexity index is 1250. The lowest BCUT2D eigenvalue weighted by molar-refractivity contribution is -0.113. The maximum Gasteiger partial charge on any atom is 0.333 e. The van der Waals surface area contributed by atoms with E-state index in [-0.39, 0.29) is 11.1 Å². The summed E-state index contributed by atoms with van der Waals surface area (Å²) in [6.45, 7) is 10.6. The number of anilines is 1. The van der Waals surface area contributed by atoms with E-state index in [0.717, 1.165) is 27.5 Å². The predicted molar refractivity (Wildman–Crippen MR) is 129 cm³/mol. The molecule has 32 heavy (non-hydrogen) atoms. The lowest BCUT2D eigenvalue weighted by Crippen LogP contribution is -2.30. The molecule has 0 unspecified atom stereocenters. The summed E-state index contributed by atoms with van der Waals surface area (Å²) >= 11 is 6.03. The Hall–Kier alpha value is -3.31. The number of amides is 3. The number of hydrogen-bond acceptors (Lipinski definition) is 2. The van der Waals surface area contributed by atoms with Gasteiger partial charge in [-0.3, -0.25) is 4.79 Å². The first kappa shape index (κ1) is 21.9. The Morgan fingerprint density at radius 3 is 2.25 bits per heavy atom. The molecule has 1 N–H and O–H groups in total. The van der Waals surface area contributed by atoms with Gasteiger partial charge in [0.15, 0.2) is 0 Å². The van der Waals surface area contributed by atoms with Crippen LogP contribution < -0.4 is 10.2 Å². The molecular formula is C26H26ClN3O2. The second-order valence-electron chi connectivity index (χ2n) is 9.07. The van der Waals surface area contributed by atoms with Gasteiger partial charge in [0, 0.05) is 22.1 Å². The van der Waals surface area contributed by atoms with Gasteiger partial charge in [-0.2, -0.15) is 0 Å². The van der Waals surface area contributed by atoms with Crippen molar-refractivity contribution in [3.63, 3.8) is 0 Å². The second-order valence-corrected chi connectivity index (χ2v) is 9.50. The van der Waals surface area contributed by atoms with Gasteiger partial charge in [-0.25, -0.2) is 9.69 Å². The molecule has 0 radical (unpaired) electrons. The molecule has 3 aromatic rings. The van der Waals surface area contributed by atoms with Crippen LogP contribution in [0.4, 0.5) is 10.5 Å². The number of hydrogen-bond donors (Lipinski definition) is 1. The number of urea groups is 1. The van der Waals surface area contributed by atoms with Crippen molar-refractivity contribution in [2.24, 2.45) is 0 Å². The summed E-state index contributed by atoms with van der Waals surface area (Å²) in [5.41, 5.74) is 5.99. The summed E-state index contributed by atoms with van der Waals surface area (Å²) in [5, 5.41) is 3.15. The van der Waals surface area contributed by atoms with Gasteiger partial charge in [-0.1, -0.05) is 50.6 Å². The molecule has 1 aromatic heterocycles. The van der Waals surface area contributed by atoms with E-state index in [2.05, 4.69) is 54.9 Å². The Morgan fingerprint density at radius 1 is 0.938 bits per heavy atom. The van der Waals surface area contributed by atoms with Crippen molar-refractivity contribution in [3.8, 4) is 5.69 Å².